The van der Waals surface area contributed by atoms with Crippen LogP contribution < -0.4 is 5.32 Å². The number of nitrogens with zero attached hydrogens (tertiary/aromatic N) is 1. The van der Waals surface area contributed by atoms with Crippen molar-refractivity contribution in [2.75, 3.05) is 18.6 Å². The van der Waals surface area contributed by atoms with Gasteiger partial charge < -0.3 is 10.2 Å². The van der Waals surface area contributed by atoms with Gasteiger partial charge in [0.25, 0.3) is 0 Å². The van der Waals surface area contributed by atoms with Gasteiger partial charge in [-0.2, -0.15) is 0 Å². The normalized spacial score (nSPS) is 27.7. The second kappa shape index (κ2) is 6.03. The molecule has 108 valence electrons. The Hall–Kier alpha value is -0.910. The highest BCUT2D eigenvalue weighted by Crippen LogP contribution is 2.34. The molecule has 0 spiro atoms. The Morgan fingerprint density at radius 2 is 2.11 bits per heavy atom. The maximum atomic E-state index is 12.5. The van der Waals surface area contributed by atoms with E-state index in [1.54, 1.807) is 11.2 Å². The van der Waals surface area contributed by atoms with Crippen molar-refractivity contribution >= 4 is 22.6 Å². The maximum Gasteiger partial charge on any atom is 0.245 e. The van der Waals surface area contributed by atoms with Crippen molar-refractivity contribution in [2.45, 2.75) is 44.7 Å². The lowest BCUT2D eigenvalue weighted by Crippen LogP contribution is -2.49. The minimum absolute atomic E-state index is 0.0287. The van der Waals surface area contributed by atoms with Crippen LogP contribution in [0.25, 0.3) is 0 Å². The largest absolute Gasteiger partial charge is 0.344 e. The number of carbonyl (C=O) groups excluding carboxylic acids is 2. The molecular weight excluding hydrogens is 264 g/mol. The van der Waals surface area contributed by atoms with Gasteiger partial charge in [0.1, 0.15) is 6.04 Å². The molecule has 0 aromatic rings. The van der Waals surface area contributed by atoms with E-state index in [0.717, 1.165) is 19.3 Å². The van der Waals surface area contributed by atoms with E-state index in [2.05, 4.69) is 5.32 Å². The minimum atomic E-state index is -0.839. The van der Waals surface area contributed by atoms with Crippen molar-refractivity contribution in [1.29, 1.82) is 0 Å². The van der Waals surface area contributed by atoms with Gasteiger partial charge in [0.2, 0.25) is 11.8 Å². The summed E-state index contributed by atoms with van der Waals surface area (Å²) in [7, 11) is -0.839. The minimum Gasteiger partial charge on any atom is -0.344 e. The molecule has 1 aliphatic heterocycles. The fourth-order valence-electron chi connectivity index (χ4n) is 2.50. The molecule has 6 heteroatoms. The number of hydrogen-bond acceptors (Lipinski definition) is 3. The molecule has 2 aliphatic rings. The predicted molar refractivity (Wildman–Crippen MR) is 74.0 cm³/mol. The van der Waals surface area contributed by atoms with Crippen LogP contribution in [0.3, 0.4) is 0 Å². The third kappa shape index (κ3) is 3.78. The lowest BCUT2D eigenvalue weighted by Gasteiger charge is -2.30. The summed E-state index contributed by atoms with van der Waals surface area (Å²) in [5.74, 6) is 0.937. The Balaban J connectivity index is 2.02. The van der Waals surface area contributed by atoms with Crippen LogP contribution in [0.1, 0.15) is 32.6 Å². The second-order valence-corrected chi connectivity index (χ2v) is 7.13. The monoisotopic (exact) mass is 286 g/mol. The fourth-order valence-corrected chi connectivity index (χ4v) is 3.17. The van der Waals surface area contributed by atoms with Crippen molar-refractivity contribution < 1.29 is 13.8 Å². The second-order valence-electron chi connectivity index (χ2n) is 5.58. The molecule has 1 saturated carbocycles. The van der Waals surface area contributed by atoms with Gasteiger partial charge >= 0.3 is 0 Å². The molecule has 2 fully saturated rings. The van der Waals surface area contributed by atoms with Gasteiger partial charge in [-0.1, -0.05) is 0 Å². The molecule has 19 heavy (non-hydrogen) atoms. The van der Waals surface area contributed by atoms with Gasteiger partial charge in [-0.3, -0.25) is 13.8 Å². The molecule has 0 aromatic heterocycles. The highest BCUT2D eigenvalue weighted by atomic mass is 32.2. The average Bonchev–Trinajstić information content (AvgIpc) is 3.16. The van der Waals surface area contributed by atoms with E-state index >= 15 is 0 Å². The van der Waals surface area contributed by atoms with Gasteiger partial charge in [0.05, 0.1) is 0 Å². The van der Waals surface area contributed by atoms with E-state index in [0.29, 0.717) is 24.6 Å². The number of nitrogens with one attached hydrogen (secondary N) is 1. The van der Waals surface area contributed by atoms with Crippen LogP contribution in [0.4, 0.5) is 0 Å². The lowest BCUT2D eigenvalue weighted by atomic mass is 10.1. The van der Waals surface area contributed by atoms with Gasteiger partial charge in [-0.15, -0.1) is 0 Å². The van der Waals surface area contributed by atoms with Crippen LogP contribution in [-0.4, -0.2) is 51.6 Å². The molecule has 3 atom stereocenters. The summed E-state index contributed by atoms with van der Waals surface area (Å²) < 4.78 is 11.2. The standard InChI is InChI=1S/C13H22N2O3S/c1-9(6-8-19(2)18)15-7-5-11(16)14-12(13(15)17)10-3-4-10/h9-10,12H,3-8H2,1-2H3,(H,14,16). The summed E-state index contributed by atoms with van der Waals surface area (Å²) in [4.78, 5) is 26.0. The molecule has 3 unspecified atom stereocenters. The van der Waals surface area contributed by atoms with Crippen LogP contribution in [0.15, 0.2) is 0 Å². The third-order valence-electron chi connectivity index (χ3n) is 3.89. The van der Waals surface area contributed by atoms with Gasteiger partial charge in [-0.05, 0) is 32.1 Å². The zero-order valence-electron chi connectivity index (χ0n) is 11.6. The van der Waals surface area contributed by atoms with E-state index < -0.39 is 10.8 Å². The summed E-state index contributed by atoms with van der Waals surface area (Å²) in [5, 5.41) is 2.85. The number of amides is 2. The number of carbonyl (C=O) groups is 2. The summed E-state index contributed by atoms with van der Waals surface area (Å²) in [6.45, 7) is 2.45. The Morgan fingerprint density at radius 3 is 2.68 bits per heavy atom. The van der Waals surface area contributed by atoms with Crippen LogP contribution in [-0.2, 0) is 20.4 Å². The Morgan fingerprint density at radius 1 is 1.42 bits per heavy atom. The molecule has 2 rings (SSSR count). The maximum absolute atomic E-state index is 12.5. The molecule has 1 saturated heterocycles. The first-order chi connectivity index (χ1) is 8.99. The molecule has 0 aromatic carbocycles. The van der Waals surface area contributed by atoms with E-state index in [1.807, 2.05) is 6.92 Å². The molecule has 5 nitrogen and oxygen atoms in total. The predicted octanol–water partition coefficient (Wildman–Crippen LogP) is 0.271. The van der Waals surface area contributed by atoms with Gasteiger partial charge in [0.15, 0.2) is 0 Å². The van der Waals surface area contributed by atoms with Gasteiger partial charge in [-0.25, -0.2) is 0 Å². The Kier molecular flexibility index (Phi) is 4.60. The smallest absolute Gasteiger partial charge is 0.245 e. The van der Waals surface area contributed by atoms with Crippen LogP contribution in [0, 0.1) is 5.92 Å². The van der Waals surface area contributed by atoms with E-state index in [4.69, 9.17) is 0 Å². The van der Waals surface area contributed by atoms with Gasteiger partial charge in [0, 0.05) is 41.8 Å². The summed E-state index contributed by atoms with van der Waals surface area (Å²) in [6, 6.07) is -0.282. The van der Waals surface area contributed by atoms with Crippen LogP contribution >= 0.6 is 0 Å². The highest BCUT2D eigenvalue weighted by molar-refractivity contribution is 7.84. The third-order valence-corrected chi connectivity index (χ3v) is 4.70. The summed E-state index contributed by atoms with van der Waals surface area (Å²) in [6.07, 6.45) is 4.82. The molecule has 1 heterocycles. The van der Waals surface area contributed by atoms with E-state index in [1.165, 1.54) is 0 Å². The van der Waals surface area contributed by atoms with Crippen molar-refractivity contribution in [1.82, 2.24) is 10.2 Å². The molecular formula is C13H22N2O3S. The average molecular weight is 286 g/mol. The van der Waals surface area contributed by atoms with E-state index in [-0.39, 0.29) is 23.9 Å². The van der Waals surface area contributed by atoms with Crippen molar-refractivity contribution in [2.24, 2.45) is 5.92 Å². The van der Waals surface area contributed by atoms with Crippen molar-refractivity contribution in [3.05, 3.63) is 0 Å². The lowest BCUT2D eigenvalue weighted by molar-refractivity contribution is -0.135. The zero-order valence-corrected chi connectivity index (χ0v) is 12.4. The Bertz CT molecular complexity index is 395. The molecule has 2 amide bonds. The number of hydrogen-bond donors (Lipinski definition) is 1. The van der Waals surface area contributed by atoms with Crippen LogP contribution in [0.2, 0.25) is 0 Å². The SMILES string of the molecule is CC(CCS(C)=O)N1CCC(=O)NC(C2CC2)C1=O. The van der Waals surface area contributed by atoms with Crippen molar-refractivity contribution in [3.8, 4) is 0 Å². The quantitative estimate of drug-likeness (QED) is 0.789. The Labute approximate surface area is 116 Å². The first-order valence-corrected chi connectivity index (χ1v) is 8.61. The fraction of sp³-hybridized carbons (Fsp3) is 0.846. The first kappa shape index (κ1) is 14.5. The van der Waals surface area contributed by atoms with E-state index in [9.17, 15) is 13.8 Å². The summed E-state index contributed by atoms with van der Waals surface area (Å²) >= 11 is 0. The summed E-state index contributed by atoms with van der Waals surface area (Å²) in [5.41, 5.74) is 0. The molecule has 1 N–H and O–H groups in total. The zero-order chi connectivity index (χ0) is 14.0. The van der Waals surface area contributed by atoms with Crippen LogP contribution in [0.5, 0.6) is 0 Å². The molecule has 1 aliphatic carbocycles. The first-order valence-electron chi connectivity index (χ1n) is 6.89. The molecule has 0 bridgehead atoms. The highest BCUT2D eigenvalue weighted by Gasteiger charge is 2.41. The number of rotatable bonds is 5. The van der Waals surface area contributed by atoms with Crippen molar-refractivity contribution in [3.63, 3.8) is 0 Å². The topological polar surface area (TPSA) is 66.5 Å². The molecule has 0 radical (unpaired) electrons.